The summed E-state index contributed by atoms with van der Waals surface area (Å²) in [4.78, 5) is 13.2. The van der Waals surface area contributed by atoms with E-state index in [9.17, 15) is 9.18 Å². The van der Waals surface area contributed by atoms with Gasteiger partial charge in [-0.05, 0) is 34.0 Å². The first-order valence-corrected chi connectivity index (χ1v) is 7.02. The summed E-state index contributed by atoms with van der Waals surface area (Å²) < 4.78 is 14.2. The minimum Gasteiger partial charge on any atom is -0.363 e. The minimum absolute atomic E-state index is 0.0575. The molecule has 0 atom stereocenters. The highest BCUT2D eigenvalue weighted by Gasteiger charge is 2.16. The SMILES string of the molecule is CC(C)CNC(=O)CN(C)c1ccc(C#N)c(Br)c1F. The largest absolute Gasteiger partial charge is 0.363 e. The Morgan fingerprint density at radius 3 is 2.75 bits per heavy atom. The maximum atomic E-state index is 14.1. The van der Waals surface area contributed by atoms with E-state index in [1.807, 2.05) is 19.9 Å². The van der Waals surface area contributed by atoms with Gasteiger partial charge in [-0.3, -0.25) is 4.79 Å². The summed E-state index contributed by atoms with van der Waals surface area (Å²) in [6, 6.07) is 4.90. The smallest absolute Gasteiger partial charge is 0.239 e. The van der Waals surface area contributed by atoms with Gasteiger partial charge in [-0.15, -0.1) is 0 Å². The highest BCUT2D eigenvalue weighted by Crippen LogP contribution is 2.28. The molecular weight excluding hydrogens is 325 g/mol. The number of hydrogen-bond acceptors (Lipinski definition) is 3. The van der Waals surface area contributed by atoms with Crippen LogP contribution in [0.25, 0.3) is 0 Å². The van der Waals surface area contributed by atoms with Gasteiger partial charge in [-0.25, -0.2) is 4.39 Å². The average Bonchev–Trinajstić information content (AvgIpc) is 2.39. The fourth-order valence-electron chi connectivity index (χ4n) is 1.59. The molecule has 20 heavy (non-hydrogen) atoms. The topological polar surface area (TPSA) is 56.1 Å². The van der Waals surface area contributed by atoms with E-state index in [-0.39, 0.29) is 28.2 Å². The lowest BCUT2D eigenvalue weighted by atomic mass is 10.2. The van der Waals surface area contributed by atoms with E-state index in [4.69, 9.17) is 5.26 Å². The van der Waals surface area contributed by atoms with Gasteiger partial charge in [-0.1, -0.05) is 13.8 Å². The molecule has 0 aliphatic heterocycles. The van der Waals surface area contributed by atoms with Crippen molar-refractivity contribution in [3.05, 3.63) is 28.0 Å². The van der Waals surface area contributed by atoms with Gasteiger partial charge < -0.3 is 10.2 Å². The molecule has 1 aromatic rings. The number of anilines is 1. The minimum atomic E-state index is -0.539. The van der Waals surface area contributed by atoms with Crippen LogP contribution in [0.5, 0.6) is 0 Å². The number of benzene rings is 1. The molecule has 1 amide bonds. The van der Waals surface area contributed by atoms with Crippen LogP contribution in [0.15, 0.2) is 16.6 Å². The summed E-state index contributed by atoms with van der Waals surface area (Å²) in [7, 11) is 1.63. The first kappa shape index (κ1) is 16.4. The number of likely N-dealkylation sites (N-methyl/N-ethyl adjacent to an activating group) is 1. The van der Waals surface area contributed by atoms with Crippen LogP contribution in [0.2, 0.25) is 0 Å². The maximum Gasteiger partial charge on any atom is 0.239 e. The number of amides is 1. The Kier molecular flexibility index (Phi) is 5.96. The summed E-state index contributed by atoms with van der Waals surface area (Å²) in [6.07, 6.45) is 0. The first-order chi connectivity index (χ1) is 9.36. The van der Waals surface area contributed by atoms with Crippen molar-refractivity contribution >= 4 is 27.5 Å². The predicted octanol–water partition coefficient (Wildman–Crippen LogP) is 2.67. The second-order valence-corrected chi connectivity index (χ2v) is 5.72. The molecule has 1 rings (SSSR count). The van der Waals surface area contributed by atoms with Crippen molar-refractivity contribution in [2.75, 3.05) is 25.0 Å². The molecule has 0 bridgehead atoms. The monoisotopic (exact) mass is 341 g/mol. The van der Waals surface area contributed by atoms with Crippen LogP contribution in [0.4, 0.5) is 10.1 Å². The van der Waals surface area contributed by atoms with Crippen molar-refractivity contribution in [2.45, 2.75) is 13.8 Å². The van der Waals surface area contributed by atoms with Gasteiger partial charge in [0.2, 0.25) is 5.91 Å². The number of rotatable bonds is 5. The van der Waals surface area contributed by atoms with Gasteiger partial charge in [0.25, 0.3) is 0 Å². The van der Waals surface area contributed by atoms with E-state index in [1.54, 1.807) is 7.05 Å². The Morgan fingerprint density at radius 2 is 2.20 bits per heavy atom. The zero-order valence-electron chi connectivity index (χ0n) is 11.7. The molecule has 1 aromatic carbocycles. The van der Waals surface area contributed by atoms with Gasteiger partial charge >= 0.3 is 0 Å². The molecule has 0 heterocycles. The number of nitriles is 1. The Labute approximate surface area is 126 Å². The summed E-state index contributed by atoms with van der Waals surface area (Å²) in [5.41, 5.74) is 0.500. The van der Waals surface area contributed by atoms with Crippen LogP contribution in [-0.4, -0.2) is 26.0 Å². The van der Waals surface area contributed by atoms with Crippen molar-refractivity contribution in [1.82, 2.24) is 5.32 Å². The van der Waals surface area contributed by atoms with Crippen molar-refractivity contribution < 1.29 is 9.18 Å². The summed E-state index contributed by atoms with van der Waals surface area (Å²) in [5.74, 6) is -0.339. The molecule has 0 radical (unpaired) electrons. The van der Waals surface area contributed by atoms with E-state index in [0.717, 1.165) is 0 Å². The fraction of sp³-hybridized carbons (Fsp3) is 0.429. The zero-order valence-corrected chi connectivity index (χ0v) is 13.3. The van der Waals surface area contributed by atoms with Crippen LogP contribution in [0.3, 0.4) is 0 Å². The molecule has 6 heteroatoms. The van der Waals surface area contributed by atoms with Gasteiger partial charge in [-0.2, -0.15) is 5.26 Å². The van der Waals surface area contributed by atoms with E-state index >= 15 is 0 Å². The molecule has 0 fully saturated rings. The molecule has 1 N–H and O–H groups in total. The van der Waals surface area contributed by atoms with E-state index < -0.39 is 5.82 Å². The highest BCUT2D eigenvalue weighted by atomic mass is 79.9. The molecule has 108 valence electrons. The Morgan fingerprint density at radius 1 is 1.55 bits per heavy atom. The standard InChI is InChI=1S/C14H17BrFN3O/c1-9(2)7-18-12(20)8-19(3)11-5-4-10(6-17)13(15)14(11)16/h4-5,9H,7-8H2,1-3H3,(H,18,20). The van der Waals surface area contributed by atoms with E-state index in [0.29, 0.717) is 12.5 Å². The number of nitrogens with zero attached hydrogens (tertiary/aromatic N) is 2. The summed E-state index contributed by atoms with van der Waals surface area (Å²) in [6.45, 7) is 4.65. The molecule has 0 aliphatic carbocycles. The molecular formula is C14H17BrFN3O. The second-order valence-electron chi connectivity index (χ2n) is 4.93. The van der Waals surface area contributed by atoms with Gasteiger partial charge in [0.05, 0.1) is 22.3 Å². The quantitative estimate of drug-likeness (QED) is 0.895. The molecule has 0 saturated carbocycles. The van der Waals surface area contributed by atoms with Crippen molar-refractivity contribution in [3.63, 3.8) is 0 Å². The van der Waals surface area contributed by atoms with Crippen LogP contribution in [0.1, 0.15) is 19.4 Å². The molecule has 0 aliphatic rings. The summed E-state index contributed by atoms with van der Waals surface area (Å²) >= 11 is 3.05. The van der Waals surface area contributed by atoms with Crippen LogP contribution < -0.4 is 10.2 Å². The molecule has 0 unspecified atom stereocenters. The molecule has 4 nitrogen and oxygen atoms in total. The fourth-order valence-corrected chi connectivity index (χ4v) is 2.02. The number of nitrogens with one attached hydrogen (secondary N) is 1. The van der Waals surface area contributed by atoms with Crippen LogP contribution in [-0.2, 0) is 4.79 Å². The molecule has 0 spiro atoms. The third-order valence-corrected chi connectivity index (χ3v) is 3.46. The lowest BCUT2D eigenvalue weighted by Gasteiger charge is -2.20. The van der Waals surface area contributed by atoms with Gasteiger partial charge in [0.15, 0.2) is 5.82 Å². The Balaban J connectivity index is 2.78. The highest BCUT2D eigenvalue weighted by molar-refractivity contribution is 9.10. The van der Waals surface area contributed by atoms with Gasteiger partial charge in [0.1, 0.15) is 6.07 Å². The Hall–Kier alpha value is -1.61. The van der Waals surface area contributed by atoms with Crippen molar-refractivity contribution in [3.8, 4) is 6.07 Å². The molecule has 0 saturated heterocycles. The summed E-state index contributed by atoms with van der Waals surface area (Å²) in [5, 5.41) is 11.6. The van der Waals surface area contributed by atoms with Crippen molar-refractivity contribution in [1.29, 1.82) is 5.26 Å². The van der Waals surface area contributed by atoms with Gasteiger partial charge in [0, 0.05) is 13.6 Å². The number of hydrogen-bond donors (Lipinski definition) is 1. The number of halogens is 2. The average molecular weight is 342 g/mol. The van der Waals surface area contributed by atoms with Crippen LogP contribution >= 0.6 is 15.9 Å². The number of carbonyl (C=O) groups is 1. The second kappa shape index (κ2) is 7.25. The third-order valence-electron chi connectivity index (χ3n) is 2.68. The zero-order chi connectivity index (χ0) is 15.3. The first-order valence-electron chi connectivity index (χ1n) is 6.22. The molecule has 0 aromatic heterocycles. The lowest BCUT2D eigenvalue weighted by molar-refractivity contribution is -0.119. The lowest BCUT2D eigenvalue weighted by Crippen LogP contribution is -2.37. The normalized spacial score (nSPS) is 10.2. The van der Waals surface area contributed by atoms with E-state index in [2.05, 4.69) is 21.2 Å². The Bertz CT molecular complexity index is 540. The van der Waals surface area contributed by atoms with Crippen LogP contribution in [0, 0.1) is 23.1 Å². The van der Waals surface area contributed by atoms with Crippen molar-refractivity contribution in [2.24, 2.45) is 5.92 Å². The predicted molar refractivity (Wildman–Crippen MR) is 79.9 cm³/mol. The van der Waals surface area contributed by atoms with E-state index in [1.165, 1.54) is 17.0 Å². The third kappa shape index (κ3) is 4.20. The number of carbonyl (C=O) groups excluding carboxylic acids is 1. The maximum absolute atomic E-state index is 14.1.